The van der Waals surface area contributed by atoms with E-state index < -0.39 is 0 Å². The molecule has 1 aliphatic carbocycles. The van der Waals surface area contributed by atoms with E-state index in [1.807, 2.05) is 5.01 Å². The van der Waals surface area contributed by atoms with Gasteiger partial charge in [0.05, 0.1) is 0 Å². The molecule has 0 unspecified atom stereocenters. The maximum Gasteiger partial charge on any atom is 0.150 e. The summed E-state index contributed by atoms with van der Waals surface area (Å²) in [5.41, 5.74) is 5.83. The Bertz CT molecular complexity index is 215. The van der Waals surface area contributed by atoms with Crippen molar-refractivity contribution in [3.8, 4) is 0 Å². The van der Waals surface area contributed by atoms with Gasteiger partial charge >= 0.3 is 0 Å². The molecule has 2 N–H and O–H groups in total. The second-order valence-electron chi connectivity index (χ2n) is 3.25. The van der Waals surface area contributed by atoms with Crippen LogP contribution >= 0.6 is 27.5 Å². The quantitative estimate of drug-likeness (QED) is 0.735. The number of nitrogens with zero attached hydrogens (tertiary/aromatic N) is 1. The van der Waals surface area contributed by atoms with Gasteiger partial charge < -0.3 is 0 Å². The Balaban J connectivity index is 1.88. The molecule has 1 fully saturated rings. The van der Waals surface area contributed by atoms with Crippen LogP contribution in [0.4, 0.5) is 0 Å². The van der Waals surface area contributed by atoms with Crippen molar-refractivity contribution in [2.75, 3.05) is 6.54 Å². The van der Waals surface area contributed by atoms with Gasteiger partial charge in [-0.15, -0.1) is 5.53 Å². The van der Waals surface area contributed by atoms with Crippen LogP contribution in [0.15, 0.2) is 9.76 Å². The van der Waals surface area contributed by atoms with Gasteiger partial charge in [-0.1, -0.05) is 18.0 Å². The SMILES string of the molecule is ClC1=C(Br)N(CC2CCC2)NN1. The molecule has 0 bridgehead atoms. The maximum atomic E-state index is 5.82. The molecule has 12 heavy (non-hydrogen) atoms. The zero-order valence-corrected chi connectivity index (χ0v) is 8.95. The minimum atomic E-state index is 0.634. The number of hydrogen-bond donors (Lipinski definition) is 2. The van der Waals surface area contributed by atoms with Crippen LogP contribution in [0.25, 0.3) is 0 Å². The third kappa shape index (κ3) is 1.56. The topological polar surface area (TPSA) is 27.3 Å². The normalized spacial score (nSPS) is 24.3. The molecule has 0 spiro atoms. The number of hydrogen-bond acceptors (Lipinski definition) is 3. The summed E-state index contributed by atoms with van der Waals surface area (Å²) in [6.45, 7) is 1.03. The molecule has 0 radical (unpaired) electrons. The highest BCUT2D eigenvalue weighted by Gasteiger charge is 2.25. The summed E-state index contributed by atoms with van der Waals surface area (Å²) in [5, 5.41) is 2.64. The fourth-order valence-corrected chi connectivity index (χ4v) is 1.87. The highest BCUT2D eigenvalue weighted by atomic mass is 79.9. The van der Waals surface area contributed by atoms with Crippen molar-refractivity contribution < 1.29 is 0 Å². The Morgan fingerprint density at radius 2 is 2.33 bits per heavy atom. The first-order valence-electron chi connectivity index (χ1n) is 4.12. The fraction of sp³-hybridized carbons (Fsp3) is 0.714. The molecule has 1 aliphatic heterocycles. The molecule has 0 aromatic heterocycles. The number of halogens is 2. The molecular weight excluding hydrogens is 241 g/mol. The van der Waals surface area contributed by atoms with E-state index in [1.165, 1.54) is 19.3 Å². The predicted octanol–water partition coefficient (Wildman–Crippen LogP) is 1.87. The largest absolute Gasteiger partial charge is 0.291 e. The van der Waals surface area contributed by atoms with E-state index >= 15 is 0 Å². The van der Waals surface area contributed by atoms with E-state index in [9.17, 15) is 0 Å². The van der Waals surface area contributed by atoms with Gasteiger partial charge in [0.2, 0.25) is 0 Å². The average molecular weight is 253 g/mol. The number of nitrogens with one attached hydrogen (secondary N) is 2. The third-order valence-electron chi connectivity index (χ3n) is 2.38. The van der Waals surface area contributed by atoms with Gasteiger partial charge in [-0.2, -0.15) is 0 Å². The second-order valence-corrected chi connectivity index (χ2v) is 4.38. The highest BCUT2D eigenvalue weighted by molar-refractivity contribution is 9.11. The lowest BCUT2D eigenvalue weighted by Crippen LogP contribution is -2.41. The molecular formula is C7H11BrClN3. The molecule has 0 amide bonds. The zero-order chi connectivity index (χ0) is 8.55. The summed E-state index contributed by atoms with van der Waals surface area (Å²) in [7, 11) is 0. The van der Waals surface area contributed by atoms with Crippen LogP contribution in [0.1, 0.15) is 19.3 Å². The summed E-state index contributed by atoms with van der Waals surface area (Å²) in [6, 6.07) is 0. The third-order valence-corrected chi connectivity index (χ3v) is 3.71. The van der Waals surface area contributed by atoms with E-state index in [4.69, 9.17) is 11.6 Å². The van der Waals surface area contributed by atoms with Crippen molar-refractivity contribution in [2.24, 2.45) is 5.92 Å². The van der Waals surface area contributed by atoms with E-state index in [0.29, 0.717) is 5.16 Å². The standard InChI is InChI=1S/C7H11BrClN3/c8-6-7(9)10-11-12(6)4-5-2-1-3-5/h5,10-11H,1-4H2. The summed E-state index contributed by atoms with van der Waals surface area (Å²) in [6.07, 6.45) is 4.06. The van der Waals surface area contributed by atoms with E-state index in [2.05, 4.69) is 26.9 Å². The Kier molecular flexibility index (Phi) is 2.48. The average Bonchev–Trinajstić information content (AvgIpc) is 2.27. The molecule has 0 aromatic carbocycles. The first-order chi connectivity index (χ1) is 5.77. The van der Waals surface area contributed by atoms with Gasteiger partial charge in [0, 0.05) is 6.54 Å². The lowest BCUT2D eigenvalue weighted by Gasteiger charge is -2.30. The molecule has 2 rings (SSSR count). The van der Waals surface area contributed by atoms with E-state index in [1.54, 1.807) is 0 Å². The van der Waals surface area contributed by atoms with Crippen LogP contribution in [-0.4, -0.2) is 11.6 Å². The van der Waals surface area contributed by atoms with Crippen molar-refractivity contribution in [2.45, 2.75) is 19.3 Å². The van der Waals surface area contributed by atoms with Crippen LogP contribution < -0.4 is 11.0 Å². The van der Waals surface area contributed by atoms with Crippen molar-refractivity contribution in [3.63, 3.8) is 0 Å². The minimum Gasteiger partial charge on any atom is -0.291 e. The molecule has 68 valence electrons. The van der Waals surface area contributed by atoms with Gasteiger partial charge in [-0.25, -0.2) is 0 Å². The first-order valence-corrected chi connectivity index (χ1v) is 5.29. The van der Waals surface area contributed by atoms with Crippen LogP contribution in [-0.2, 0) is 0 Å². The van der Waals surface area contributed by atoms with Gasteiger partial charge in [-0.05, 0) is 34.7 Å². The van der Waals surface area contributed by atoms with Gasteiger partial charge in [0.15, 0.2) is 0 Å². The van der Waals surface area contributed by atoms with Crippen molar-refractivity contribution in [3.05, 3.63) is 9.76 Å². The summed E-state index contributed by atoms with van der Waals surface area (Å²) < 4.78 is 0.913. The van der Waals surface area contributed by atoms with Gasteiger partial charge in [0.1, 0.15) is 9.76 Å². The second kappa shape index (κ2) is 3.44. The first kappa shape index (κ1) is 8.66. The van der Waals surface area contributed by atoms with Crippen molar-refractivity contribution >= 4 is 27.5 Å². The maximum absolute atomic E-state index is 5.82. The number of hydrazine groups is 2. The van der Waals surface area contributed by atoms with Crippen molar-refractivity contribution in [1.29, 1.82) is 0 Å². The van der Waals surface area contributed by atoms with Crippen LogP contribution in [0.5, 0.6) is 0 Å². The van der Waals surface area contributed by atoms with E-state index in [-0.39, 0.29) is 0 Å². The van der Waals surface area contributed by atoms with Crippen LogP contribution in [0.2, 0.25) is 0 Å². The smallest absolute Gasteiger partial charge is 0.150 e. The molecule has 2 aliphatic rings. The van der Waals surface area contributed by atoms with Gasteiger partial charge in [-0.3, -0.25) is 10.4 Å². The molecule has 3 nitrogen and oxygen atoms in total. The molecule has 0 aromatic rings. The lowest BCUT2D eigenvalue weighted by molar-refractivity contribution is 0.175. The summed E-state index contributed by atoms with van der Waals surface area (Å²) in [4.78, 5) is 0. The molecule has 5 heteroatoms. The highest BCUT2D eigenvalue weighted by Crippen LogP contribution is 2.30. The minimum absolute atomic E-state index is 0.634. The molecule has 1 saturated carbocycles. The van der Waals surface area contributed by atoms with Gasteiger partial charge in [0.25, 0.3) is 0 Å². The van der Waals surface area contributed by atoms with Crippen LogP contribution in [0, 0.1) is 5.92 Å². The molecule has 0 atom stereocenters. The monoisotopic (exact) mass is 251 g/mol. The summed E-state index contributed by atoms with van der Waals surface area (Å²) >= 11 is 9.22. The lowest BCUT2D eigenvalue weighted by atomic mass is 9.85. The van der Waals surface area contributed by atoms with E-state index in [0.717, 1.165) is 17.1 Å². The Labute approximate surface area is 85.2 Å². The van der Waals surface area contributed by atoms with Crippen molar-refractivity contribution in [1.82, 2.24) is 16.0 Å². The Hall–Kier alpha value is 0.0700. The zero-order valence-electron chi connectivity index (χ0n) is 6.61. The fourth-order valence-electron chi connectivity index (χ4n) is 1.40. The predicted molar refractivity (Wildman–Crippen MR) is 52.1 cm³/mol. The number of rotatable bonds is 2. The van der Waals surface area contributed by atoms with Crippen LogP contribution in [0.3, 0.4) is 0 Å². The molecule has 1 heterocycles. The Morgan fingerprint density at radius 3 is 2.75 bits per heavy atom. The molecule has 0 saturated heterocycles. The summed E-state index contributed by atoms with van der Waals surface area (Å²) in [5.74, 6) is 0.828. The Morgan fingerprint density at radius 1 is 1.58 bits per heavy atom.